The molecule has 9 aromatic carbocycles. The topological polar surface area (TPSA) is 36.1 Å². The molecule has 0 saturated carbocycles. The van der Waals surface area contributed by atoms with E-state index in [1.54, 1.807) is 0 Å². The Balaban J connectivity index is 0.901. The van der Waals surface area contributed by atoms with Gasteiger partial charge in [0.15, 0.2) is 11.2 Å². The first-order chi connectivity index (χ1) is 28.8. The van der Waals surface area contributed by atoms with E-state index in [-0.39, 0.29) is 0 Å². The maximum Gasteiger partial charge on any atom is 0.160 e. The molecule has 4 heteroatoms. The maximum absolute atomic E-state index is 6.82. The second kappa shape index (κ2) is 11.8. The zero-order chi connectivity index (χ0) is 37.9. The Morgan fingerprint density at radius 1 is 0.276 bits per heavy atom. The molecule has 13 aromatic rings. The predicted molar refractivity (Wildman–Crippen MR) is 241 cm³/mol. The minimum atomic E-state index is 0.879. The number of hydrogen-bond donors (Lipinski definition) is 0. The molecule has 270 valence electrons. The van der Waals surface area contributed by atoms with Crippen molar-refractivity contribution in [1.82, 2.24) is 9.13 Å². The van der Waals surface area contributed by atoms with Crippen LogP contribution in [-0.4, -0.2) is 9.13 Å². The van der Waals surface area contributed by atoms with E-state index >= 15 is 0 Å². The zero-order valence-electron chi connectivity index (χ0n) is 31.2. The molecule has 4 aromatic heterocycles. The first kappa shape index (κ1) is 31.4. The number of fused-ring (bicyclic) bond motifs is 14. The van der Waals surface area contributed by atoms with Gasteiger partial charge in [-0.05, 0) is 95.1 Å². The Morgan fingerprint density at radius 3 is 1.09 bits per heavy atom. The average molecular weight is 741 g/mol. The van der Waals surface area contributed by atoms with Gasteiger partial charge in [0.2, 0.25) is 0 Å². The fraction of sp³-hybridized carbons (Fsp3) is 0. The van der Waals surface area contributed by atoms with Crippen LogP contribution < -0.4 is 0 Å². The first-order valence-electron chi connectivity index (χ1n) is 19.8. The van der Waals surface area contributed by atoms with Gasteiger partial charge in [-0.2, -0.15) is 0 Å². The summed E-state index contributed by atoms with van der Waals surface area (Å²) in [6.07, 6.45) is 0. The van der Waals surface area contributed by atoms with Crippen molar-refractivity contribution in [2.45, 2.75) is 0 Å². The van der Waals surface area contributed by atoms with Crippen molar-refractivity contribution in [3.8, 4) is 33.6 Å². The lowest BCUT2D eigenvalue weighted by Gasteiger charge is -2.07. The van der Waals surface area contributed by atoms with Gasteiger partial charge in [0.25, 0.3) is 0 Å². The van der Waals surface area contributed by atoms with Gasteiger partial charge in [0.1, 0.15) is 11.2 Å². The molecule has 0 spiro atoms. The van der Waals surface area contributed by atoms with Crippen molar-refractivity contribution in [2.24, 2.45) is 0 Å². The van der Waals surface area contributed by atoms with Gasteiger partial charge in [0, 0.05) is 54.5 Å². The summed E-state index contributed by atoms with van der Waals surface area (Å²) in [5.41, 5.74) is 14.8. The summed E-state index contributed by atoms with van der Waals surface area (Å²) in [4.78, 5) is 0. The second-order valence-electron chi connectivity index (χ2n) is 15.3. The third-order valence-corrected chi connectivity index (χ3v) is 12.1. The number of hydrogen-bond acceptors (Lipinski definition) is 2. The second-order valence-corrected chi connectivity index (χ2v) is 15.3. The van der Waals surface area contributed by atoms with Crippen molar-refractivity contribution in [3.63, 3.8) is 0 Å². The molecule has 0 saturated heterocycles. The van der Waals surface area contributed by atoms with Crippen molar-refractivity contribution in [1.29, 1.82) is 0 Å². The number of para-hydroxylation sites is 4. The van der Waals surface area contributed by atoms with Crippen molar-refractivity contribution < 1.29 is 8.83 Å². The van der Waals surface area contributed by atoms with Gasteiger partial charge in [-0.15, -0.1) is 0 Å². The molecule has 0 aliphatic rings. The number of furan rings is 2. The van der Waals surface area contributed by atoms with E-state index in [9.17, 15) is 0 Å². The third-order valence-electron chi connectivity index (χ3n) is 12.1. The van der Waals surface area contributed by atoms with Crippen molar-refractivity contribution in [2.75, 3.05) is 0 Å². The number of rotatable bonds is 4. The zero-order valence-corrected chi connectivity index (χ0v) is 31.2. The van der Waals surface area contributed by atoms with Crippen LogP contribution >= 0.6 is 0 Å². The van der Waals surface area contributed by atoms with Crippen LogP contribution in [0.5, 0.6) is 0 Å². The molecular formula is C54H32N2O2. The molecule has 0 radical (unpaired) electrons. The summed E-state index contributed by atoms with van der Waals surface area (Å²) in [6.45, 7) is 0. The molecular weight excluding hydrogens is 709 g/mol. The van der Waals surface area contributed by atoms with Crippen LogP contribution in [-0.2, 0) is 0 Å². The van der Waals surface area contributed by atoms with E-state index in [1.165, 1.54) is 32.6 Å². The third kappa shape index (κ3) is 4.40. The standard InChI is InChI=1S/C54H32N2O2/c1-3-11-37(12-4-1)55-47-17-9-7-15-39(47)43-27-29-45-41-25-23-35(31-49(41)57-53(45)51(43)55)33-19-21-34(22-20-33)36-24-26-42-46-30-28-44-40-16-8-10-18-48(40)56(38-13-5-2-6-14-38)52(44)54(46)58-50(42)32-36/h1-32H. The van der Waals surface area contributed by atoms with Gasteiger partial charge < -0.3 is 18.0 Å². The van der Waals surface area contributed by atoms with Crippen LogP contribution in [0.1, 0.15) is 0 Å². The molecule has 13 rings (SSSR count). The number of nitrogens with zero attached hydrogens (tertiary/aromatic N) is 2. The molecule has 0 fully saturated rings. The van der Waals surface area contributed by atoms with E-state index in [4.69, 9.17) is 8.83 Å². The van der Waals surface area contributed by atoms with Crippen LogP contribution in [0, 0.1) is 0 Å². The number of aromatic nitrogens is 2. The molecule has 0 atom stereocenters. The molecule has 0 aliphatic heterocycles. The fourth-order valence-electron chi connectivity index (χ4n) is 9.47. The minimum Gasteiger partial charge on any atom is -0.454 e. The van der Waals surface area contributed by atoms with Crippen molar-refractivity contribution in [3.05, 3.63) is 194 Å². The van der Waals surface area contributed by atoms with Gasteiger partial charge in [-0.1, -0.05) is 121 Å². The average Bonchev–Trinajstić information content (AvgIpc) is 4.04. The summed E-state index contributed by atoms with van der Waals surface area (Å²) in [7, 11) is 0. The summed E-state index contributed by atoms with van der Waals surface area (Å²) in [5, 5.41) is 9.27. The smallest absolute Gasteiger partial charge is 0.160 e. The monoisotopic (exact) mass is 740 g/mol. The van der Waals surface area contributed by atoms with Crippen LogP contribution in [0.25, 0.3) is 121 Å². The summed E-state index contributed by atoms with van der Waals surface area (Å²) < 4.78 is 18.3. The molecule has 0 N–H and O–H groups in total. The number of benzene rings is 9. The van der Waals surface area contributed by atoms with Crippen LogP contribution in [0.15, 0.2) is 203 Å². The molecule has 0 unspecified atom stereocenters. The lowest BCUT2D eigenvalue weighted by Crippen LogP contribution is -1.93. The quantitative estimate of drug-likeness (QED) is 0.180. The van der Waals surface area contributed by atoms with E-state index < -0.39 is 0 Å². The highest BCUT2D eigenvalue weighted by atomic mass is 16.3. The van der Waals surface area contributed by atoms with Gasteiger partial charge >= 0.3 is 0 Å². The Hall–Kier alpha value is -7.82. The van der Waals surface area contributed by atoms with E-state index in [0.29, 0.717) is 0 Å². The first-order valence-corrected chi connectivity index (χ1v) is 19.8. The van der Waals surface area contributed by atoms with Crippen LogP contribution in [0.3, 0.4) is 0 Å². The largest absolute Gasteiger partial charge is 0.454 e. The van der Waals surface area contributed by atoms with E-state index in [2.05, 4.69) is 203 Å². The normalized spacial score (nSPS) is 12.1. The van der Waals surface area contributed by atoms with Gasteiger partial charge in [0.05, 0.1) is 22.1 Å². The molecule has 0 amide bonds. The van der Waals surface area contributed by atoms with Gasteiger partial charge in [-0.3, -0.25) is 0 Å². The summed E-state index contributed by atoms with van der Waals surface area (Å²) >= 11 is 0. The maximum atomic E-state index is 6.82. The van der Waals surface area contributed by atoms with Crippen molar-refractivity contribution >= 4 is 87.5 Å². The highest BCUT2D eigenvalue weighted by Gasteiger charge is 2.21. The van der Waals surface area contributed by atoms with E-state index in [1.807, 2.05) is 0 Å². The summed E-state index contributed by atoms with van der Waals surface area (Å²) in [5.74, 6) is 0. The Labute approximate surface area is 332 Å². The Bertz CT molecular complexity index is 3520. The lowest BCUT2D eigenvalue weighted by atomic mass is 9.98. The highest BCUT2D eigenvalue weighted by molar-refractivity contribution is 6.23. The summed E-state index contributed by atoms with van der Waals surface area (Å²) in [6, 6.07) is 69.3. The molecule has 0 aliphatic carbocycles. The molecule has 4 nitrogen and oxygen atoms in total. The molecule has 58 heavy (non-hydrogen) atoms. The molecule has 0 bridgehead atoms. The SMILES string of the molecule is c1ccc(-n2c3ccccc3c3ccc4c5ccc(-c6ccc(-c7ccc8c(c7)oc7c8ccc8c9ccccc9n(-c9ccccc9)c87)cc6)cc5oc4c32)cc1. The van der Waals surface area contributed by atoms with E-state index in [0.717, 1.165) is 88.5 Å². The Kier molecular flexibility index (Phi) is 6.41. The van der Waals surface area contributed by atoms with Gasteiger partial charge in [-0.25, -0.2) is 0 Å². The fourth-order valence-corrected chi connectivity index (χ4v) is 9.47. The van der Waals surface area contributed by atoms with Crippen LogP contribution in [0.2, 0.25) is 0 Å². The Morgan fingerprint density at radius 2 is 0.638 bits per heavy atom. The molecule has 4 heterocycles. The predicted octanol–water partition coefficient (Wildman–Crippen LogP) is 15.0. The van der Waals surface area contributed by atoms with Crippen LogP contribution in [0.4, 0.5) is 0 Å². The lowest BCUT2D eigenvalue weighted by molar-refractivity contribution is 0.671. The minimum absolute atomic E-state index is 0.879. The highest BCUT2D eigenvalue weighted by Crippen LogP contribution is 2.43.